The molecule has 86 valence electrons. The van der Waals surface area contributed by atoms with Crippen LogP contribution >= 0.6 is 11.8 Å². The zero-order valence-electron chi connectivity index (χ0n) is 9.12. The monoisotopic (exact) mass is 246 g/mol. The van der Waals surface area contributed by atoms with E-state index in [-0.39, 0.29) is 5.56 Å². The fraction of sp³-hybridized carbons (Fsp3) is 0.0833. The maximum atomic E-state index is 10.9. The lowest BCUT2D eigenvalue weighted by Crippen LogP contribution is -1.97. The van der Waals surface area contributed by atoms with Crippen LogP contribution in [0.1, 0.15) is 10.4 Å². The summed E-state index contributed by atoms with van der Waals surface area (Å²) in [6, 6.07) is 5.05. The molecule has 1 N–H and O–H groups in total. The van der Waals surface area contributed by atoms with Crippen molar-refractivity contribution in [2.45, 2.75) is 4.90 Å². The lowest BCUT2D eigenvalue weighted by atomic mass is 10.1. The molecule has 0 atom stereocenters. The molecule has 0 unspecified atom stereocenters. The van der Waals surface area contributed by atoms with Gasteiger partial charge in [0.15, 0.2) is 0 Å². The first-order valence-corrected chi connectivity index (χ1v) is 6.11. The highest BCUT2D eigenvalue weighted by Crippen LogP contribution is 2.30. The van der Waals surface area contributed by atoms with E-state index in [1.54, 1.807) is 42.4 Å². The van der Waals surface area contributed by atoms with Crippen LogP contribution in [-0.2, 0) is 0 Å². The average Bonchev–Trinajstić information content (AvgIpc) is 2.39. The minimum Gasteiger partial charge on any atom is -0.478 e. The largest absolute Gasteiger partial charge is 0.478 e. The number of hydrogen-bond acceptors (Lipinski definition) is 4. The van der Waals surface area contributed by atoms with Gasteiger partial charge in [0.05, 0.1) is 5.56 Å². The van der Waals surface area contributed by atoms with E-state index >= 15 is 0 Å². The molecular formula is C12H10N2O2S. The summed E-state index contributed by atoms with van der Waals surface area (Å²) in [5.74, 6) is -0.934. The molecule has 0 radical (unpaired) electrons. The van der Waals surface area contributed by atoms with Crippen molar-refractivity contribution >= 4 is 17.7 Å². The molecule has 0 saturated carbocycles. The first-order valence-electron chi connectivity index (χ1n) is 4.89. The fourth-order valence-electron chi connectivity index (χ4n) is 1.50. The van der Waals surface area contributed by atoms with Crippen molar-refractivity contribution < 1.29 is 9.90 Å². The Kier molecular flexibility index (Phi) is 3.39. The minimum absolute atomic E-state index is 0.265. The van der Waals surface area contributed by atoms with Crippen LogP contribution in [-0.4, -0.2) is 27.3 Å². The highest BCUT2D eigenvalue weighted by atomic mass is 32.2. The molecule has 0 saturated heterocycles. The van der Waals surface area contributed by atoms with E-state index in [1.165, 1.54) is 6.33 Å². The van der Waals surface area contributed by atoms with Gasteiger partial charge in [-0.3, -0.25) is 0 Å². The van der Waals surface area contributed by atoms with Crippen LogP contribution < -0.4 is 0 Å². The van der Waals surface area contributed by atoms with Gasteiger partial charge in [-0.05, 0) is 30.0 Å². The van der Waals surface area contributed by atoms with E-state index in [9.17, 15) is 4.79 Å². The van der Waals surface area contributed by atoms with Crippen molar-refractivity contribution in [1.82, 2.24) is 9.97 Å². The maximum Gasteiger partial charge on any atom is 0.335 e. The summed E-state index contributed by atoms with van der Waals surface area (Å²) in [4.78, 5) is 19.8. The number of carboxylic acid groups (broad SMARTS) is 1. The lowest BCUT2D eigenvalue weighted by Gasteiger charge is -2.07. The molecule has 4 nitrogen and oxygen atoms in total. The van der Waals surface area contributed by atoms with Crippen molar-refractivity contribution in [2.75, 3.05) is 6.26 Å². The number of carboxylic acids is 1. The van der Waals surface area contributed by atoms with Gasteiger partial charge in [0.25, 0.3) is 0 Å². The zero-order valence-corrected chi connectivity index (χ0v) is 9.94. The van der Waals surface area contributed by atoms with Gasteiger partial charge in [0.2, 0.25) is 0 Å². The molecule has 0 aliphatic rings. The van der Waals surface area contributed by atoms with Crippen molar-refractivity contribution in [2.24, 2.45) is 0 Å². The van der Waals surface area contributed by atoms with Crippen molar-refractivity contribution in [3.05, 3.63) is 42.5 Å². The predicted molar refractivity (Wildman–Crippen MR) is 66.2 cm³/mol. The third kappa shape index (κ3) is 2.45. The smallest absolute Gasteiger partial charge is 0.335 e. The van der Waals surface area contributed by atoms with Gasteiger partial charge in [-0.1, -0.05) is 0 Å². The second-order valence-electron chi connectivity index (χ2n) is 3.35. The lowest BCUT2D eigenvalue weighted by molar-refractivity contribution is 0.0697. The number of benzene rings is 1. The number of nitrogens with zero attached hydrogens (tertiary/aromatic N) is 2. The summed E-state index contributed by atoms with van der Waals surface area (Å²) in [6.07, 6.45) is 6.74. The van der Waals surface area contributed by atoms with Crippen LogP contribution in [0.3, 0.4) is 0 Å². The topological polar surface area (TPSA) is 63.1 Å². The normalized spacial score (nSPS) is 10.2. The van der Waals surface area contributed by atoms with E-state index < -0.39 is 5.97 Å². The number of aromatic nitrogens is 2. The number of rotatable bonds is 3. The summed E-state index contributed by atoms with van der Waals surface area (Å²) in [6.45, 7) is 0. The number of hydrogen-bond donors (Lipinski definition) is 1. The SMILES string of the molecule is CSc1ccc(C(=O)O)cc1-c1cncnc1. The number of aromatic carboxylic acids is 1. The molecule has 1 aromatic carbocycles. The summed E-state index contributed by atoms with van der Waals surface area (Å²) < 4.78 is 0. The molecule has 5 heteroatoms. The summed E-state index contributed by atoms with van der Waals surface area (Å²) in [5, 5.41) is 8.98. The second kappa shape index (κ2) is 4.97. The van der Waals surface area contributed by atoms with Gasteiger partial charge in [-0.2, -0.15) is 0 Å². The van der Waals surface area contributed by atoms with E-state index in [0.717, 1.165) is 16.0 Å². The van der Waals surface area contributed by atoms with Gasteiger partial charge < -0.3 is 5.11 Å². The van der Waals surface area contributed by atoms with Crippen LogP contribution in [0.15, 0.2) is 41.8 Å². The van der Waals surface area contributed by atoms with E-state index in [0.29, 0.717) is 0 Å². The molecule has 0 spiro atoms. The molecule has 0 aliphatic carbocycles. The van der Waals surface area contributed by atoms with Gasteiger partial charge in [0, 0.05) is 22.9 Å². The Morgan fingerprint density at radius 1 is 1.29 bits per heavy atom. The molecule has 0 aliphatic heterocycles. The summed E-state index contributed by atoms with van der Waals surface area (Å²) in [5.41, 5.74) is 1.93. The van der Waals surface area contributed by atoms with Gasteiger partial charge >= 0.3 is 5.97 Å². The van der Waals surface area contributed by atoms with Crippen molar-refractivity contribution in [1.29, 1.82) is 0 Å². The van der Waals surface area contributed by atoms with Crippen LogP contribution in [0.4, 0.5) is 0 Å². The average molecular weight is 246 g/mol. The predicted octanol–water partition coefficient (Wildman–Crippen LogP) is 2.56. The zero-order chi connectivity index (χ0) is 12.3. The molecule has 17 heavy (non-hydrogen) atoms. The Hall–Kier alpha value is -1.88. The highest BCUT2D eigenvalue weighted by Gasteiger charge is 2.09. The van der Waals surface area contributed by atoms with Gasteiger partial charge in [-0.25, -0.2) is 14.8 Å². The van der Waals surface area contributed by atoms with E-state index in [1.807, 2.05) is 6.26 Å². The molecule has 0 amide bonds. The fourth-order valence-corrected chi connectivity index (χ4v) is 2.11. The summed E-state index contributed by atoms with van der Waals surface area (Å²) in [7, 11) is 0. The van der Waals surface area contributed by atoms with Crippen LogP contribution in [0.5, 0.6) is 0 Å². The van der Waals surface area contributed by atoms with E-state index in [2.05, 4.69) is 9.97 Å². The first kappa shape index (κ1) is 11.6. The Bertz CT molecular complexity index is 543. The molecule has 0 bridgehead atoms. The molecular weight excluding hydrogens is 236 g/mol. The highest BCUT2D eigenvalue weighted by molar-refractivity contribution is 7.98. The second-order valence-corrected chi connectivity index (χ2v) is 4.20. The van der Waals surface area contributed by atoms with Crippen molar-refractivity contribution in [3.8, 4) is 11.1 Å². The molecule has 1 aromatic heterocycles. The first-order chi connectivity index (χ1) is 8.22. The Labute approximate surface area is 103 Å². The van der Waals surface area contributed by atoms with E-state index in [4.69, 9.17) is 5.11 Å². The number of thioether (sulfide) groups is 1. The summed E-state index contributed by atoms with van der Waals surface area (Å²) >= 11 is 1.56. The molecule has 2 rings (SSSR count). The minimum atomic E-state index is -0.934. The van der Waals surface area contributed by atoms with Gasteiger partial charge in [-0.15, -0.1) is 11.8 Å². The van der Waals surface area contributed by atoms with Crippen LogP contribution in [0, 0.1) is 0 Å². The Balaban J connectivity index is 2.58. The van der Waals surface area contributed by atoms with Crippen LogP contribution in [0.25, 0.3) is 11.1 Å². The molecule has 2 aromatic rings. The molecule has 0 fully saturated rings. The van der Waals surface area contributed by atoms with Gasteiger partial charge in [0.1, 0.15) is 6.33 Å². The third-order valence-electron chi connectivity index (χ3n) is 2.32. The molecule has 1 heterocycles. The maximum absolute atomic E-state index is 10.9. The standard InChI is InChI=1S/C12H10N2O2S/c1-17-11-3-2-8(12(15)16)4-10(11)9-5-13-7-14-6-9/h2-7H,1H3,(H,15,16). The van der Waals surface area contributed by atoms with Crippen molar-refractivity contribution in [3.63, 3.8) is 0 Å². The number of carbonyl (C=O) groups is 1. The third-order valence-corrected chi connectivity index (χ3v) is 3.11. The van der Waals surface area contributed by atoms with Crippen LogP contribution in [0.2, 0.25) is 0 Å². The Morgan fingerprint density at radius 2 is 2.00 bits per heavy atom. The quantitative estimate of drug-likeness (QED) is 0.843. The Morgan fingerprint density at radius 3 is 2.59 bits per heavy atom.